The van der Waals surface area contributed by atoms with E-state index in [1.165, 1.54) is 11.3 Å². The first kappa shape index (κ1) is 12.6. The molecule has 1 aliphatic rings. The van der Waals surface area contributed by atoms with Crippen LogP contribution in [0.1, 0.15) is 23.2 Å². The first-order valence-corrected chi connectivity index (χ1v) is 7.08. The Labute approximate surface area is 112 Å². The third kappa shape index (κ3) is 2.87. The highest BCUT2D eigenvalue weighted by atomic mass is 79.9. The molecule has 92 valence electrons. The van der Waals surface area contributed by atoms with Crippen molar-refractivity contribution in [1.82, 2.24) is 4.90 Å². The molecule has 0 aliphatic carbocycles. The standard InChI is InChI=1S/C11H13BrN2O2S/c12-9-4-8(6-17-9)11(16)14-3-1-2-7(5-14)10(13)15/h4,6-7H,1-3,5H2,(H2,13,15). The highest BCUT2D eigenvalue weighted by Crippen LogP contribution is 2.24. The van der Waals surface area contributed by atoms with Crippen molar-refractivity contribution < 1.29 is 9.59 Å². The van der Waals surface area contributed by atoms with Crippen molar-refractivity contribution in [2.75, 3.05) is 13.1 Å². The highest BCUT2D eigenvalue weighted by Gasteiger charge is 2.27. The van der Waals surface area contributed by atoms with E-state index in [-0.39, 0.29) is 17.7 Å². The Balaban J connectivity index is 2.07. The average Bonchev–Trinajstić information content (AvgIpc) is 2.75. The molecule has 0 spiro atoms. The van der Waals surface area contributed by atoms with Gasteiger partial charge in [0.25, 0.3) is 5.91 Å². The zero-order chi connectivity index (χ0) is 12.4. The van der Waals surface area contributed by atoms with Crippen LogP contribution >= 0.6 is 27.3 Å². The van der Waals surface area contributed by atoms with E-state index in [1.807, 2.05) is 5.38 Å². The van der Waals surface area contributed by atoms with Gasteiger partial charge in [0.1, 0.15) is 0 Å². The van der Waals surface area contributed by atoms with E-state index in [1.54, 1.807) is 11.0 Å². The smallest absolute Gasteiger partial charge is 0.254 e. The molecule has 1 saturated heterocycles. The molecule has 1 aromatic rings. The van der Waals surface area contributed by atoms with Gasteiger partial charge in [-0.3, -0.25) is 9.59 Å². The number of amides is 2. The van der Waals surface area contributed by atoms with Crippen LogP contribution in [0.4, 0.5) is 0 Å². The number of nitrogens with two attached hydrogens (primary N) is 1. The molecule has 0 bridgehead atoms. The van der Waals surface area contributed by atoms with Gasteiger partial charge in [-0.1, -0.05) is 0 Å². The molecule has 1 fully saturated rings. The zero-order valence-corrected chi connectivity index (χ0v) is 11.6. The lowest BCUT2D eigenvalue weighted by Crippen LogP contribution is -2.44. The van der Waals surface area contributed by atoms with Crippen LogP contribution in [0, 0.1) is 5.92 Å². The van der Waals surface area contributed by atoms with E-state index in [0.29, 0.717) is 18.7 Å². The van der Waals surface area contributed by atoms with E-state index in [0.717, 1.165) is 16.6 Å². The average molecular weight is 317 g/mol. The highest BCUT2D eigenvalue weighted by molar-refractivity contribution is 9.11. The number of halogens is 1. The molecule has 6 heteroatoms. The summed E-state index contributed by atoms with van der Waals surface area (Å²) < 4.78 is 0.935. The Morgan fingerprint density at radius 2 is 2.29 bits per heavy atom. The minimum atomic E-state index is -0.311. The number of hydrogen-bond acceptors (Lipinski definition) is 3. The van der Waals surface area contributed by atoms with Crippen molar-refractivity contribution in [3.8, 4) is 0 Å². The topological polar surface area (TPSA) is 63.4 Å². The molecule has 2 N–H and O–H groups in total. The van der Waals surface area contributed by atoms with Crippen LogP contribution in [0.3, 0.4) is 0 Å². The number of piperidine rings is 1. The van der Waals surface area contributed by atoms with Crippen LogP contribution in [0.2, 0.25) is 0 Å². The fraction of sp³-hybridized carbons (Fsp3) is 0.455. The van der Waals surface area contributed by atoms with Gasteiger partial charge in [-0.2, -0.15) is 0 Å². The summed E-state index contributed by atoms with van der Waals surface area (Å²) >= 11 is 4.81. The van der Waals surface area contributed by atoms with Crippen molar-refractivity contribution in [3.63, 3.8) is 0 Å². The minimum absolute atomic E-state index is 0.0158. The lowest BCUT2D eigenvalue weighted by molar-refractivity contribution is -0.123. The van der Waals surface area contributed by atoms with Gasteiger partial charge in [-0.05, 0) is 34.8 Å². The number of nitrogens with zero attached hydrogens (tertiary/aromatic N) is 1. The van der Waals surface area contributed by atoms with E-state index < -0.39 is 0 Å². The second-order valence-corrected chi connectivity index (χ2v) is 6.42. The largest absolute Gasteiger partial charge is 0.369 e. The summed E-state index contributed by atoms with van der Waals surface area (Å²) in [5, 5.41) is 1.82. The van der Waals surface area contributed by atoms with Gasteiger partial charge in [0.15, 0.2) is 0 Å². The van der Waals surface area contributed by atoms with Gasteiger partial charge in [-0.25, -0.2) is 0 Å². The van der Waals surface area contributed by atoms with Crippen LogP contribution in [0.5, 0.6) is 0 Å². The summed E-state index contributed by atoms with van der Waals surface area (Å²) in [7, 11) is 0. The fourth-order valence-corrected chi connectivity index (χ4v) is 3.13. The summed E-state index contributed by atoms with van der Waals surface area (Å²) in [6.45, 7) is 1.15. The summed E-state index contributed by atoms with van der Waals surface area (Å²) in [5.74, 6) is -0.526. The van der Waals surface area contributed by atoms with Crippen LogP contribution in [-0.4, -0.2) is 29.8 Å². The second-order valence-electron chi connectivity index (χ2n) is 4.13. The molecule has 0 radical (unpaired) electrons. The summed E-state index contributed by atoms with van der Waals surface area (Å²) in [6.07, 6.45) is 1.62. The van der Waals surface area contributed by atoms with Crippen LogP contribution in [0.25, 0.3) is 0 Å². The van der Waals surface area contributed by atoms with Crippen molar-refractivity contribution in [1.29, 1.82) is 0 Å². The zero-order valence-electron chi connectivity index (χ0n) is 9.19. The Hall–Kier alpha value is -0.880. The summed E-state index contributed by atoms with van der Waals surface area (Å²) in [4.78, 5) is 25.0. The van der Waals surface area contributed by atoms with Crippen molar-refractivity contribution in [3.05, 3.63) is 20.8 Å². The molecule has 0 saturated carbocycles. The maximum Gasteiger partial charge on any atom is 0.254 e. The fourth-order valence-electron chi connectivity index (χ4n) is 2.00. The summed E-state index contributed by atoms with van der Waals surface area (Å²) in [5.41, 5.74) is 5.96. The summed E-state index contributed by atoms with van der Waals surface area (Å²) in [6, 6.07) is 1.81. The Kier molecular flexibility index (Phi) is 3.83. The number of carbonyl (C=O) groups is 2. The number of primary amides is 1. The van der Waals surface area contributed by atoms with E-state index >= 15 is 0 Å². The molecule has 1 atom stereocenters. The molecule has 2 heterocycles. The molecule has 17 heavy (non-hydrogen) atoms. The van der Waals surface area contributed by atoms with Gasteiger partial charge in [-0.15, -0.1) is 11.3 Å². The first-order valence-electron chi connectivity index (χ1n) is 5.40. The molecule has 0 aromatic carbocycles. The number of hydrogen-bond donors (Lipinski definition) is 1. The predicted molar refractivity (Wildman–Crippen MR) is 69.8 cm³/mol. The molecule has 2 amide bonds. The predicted octanol–water partition coefficient (Wildman–Crippen LogP) is 1.85. The quantitative estimate of drug-likeness (QED) is 0.905. The van der Waals surface area contributed by atoms with Crippen LogP contribution in [-0.2, 0) is 4.79 Å². The SMILES string of the molecule is NC(=O)C1CCCN(C(=O)c2csc(Br)c2)C1. The van der Waals surface area contributed by atoms with Gasteiger partial charge in [0.05, 0.1) is 15.3 Å². The van der Waals surface area contributed by atoms with Crippen molar-refractivity contribution >= 4 is 39.1 Å². The van der Waals surface area contributed by atoms with Gasteiger partial charge in [0, 0.05) is 18.5 Å². The molecular formula is C11H13BrN2O2S. The molecule has 1 aromatic heterocycles. The minimum Gasteiger partial charge on any atom is -0.369 e. The van der Waals surface area contributed by atoms with Crippen molar-refractivity contribution in [2.45, 2.75) is 12.8 Å². The van der Waals surface area contributed by atoms with Gasteiger partial charge >= 0.3 is 0 Å². The van der Waals surface area contributed by atoms with E-state index in [9.17, 15) is 9.59 Å². The lowest BCUT2D eigenvalue weighted by Gasteiger charge is -2.31. The number of rotatable bonds is 2. The molecular weight excluding hydrogens is 304 g/mol. The third-order valence-electron chi connectivity index (χ3n) is 2.93. The first-order chi connectivity index (χ1) is 8.08. The molecule has 1 aliphatic heterocycles. The molecule has 2 rings (SSSR count). The van der Waals surface area contributed by atoms with Crippen molar-refractivity contribution in [2.24, 2.45) is 11.7 Å². The van der Waals surface area contributed by atoms with E-state index in [4.69, 9.17) is 5.73 Å². The van der Waals surface area contributed by atoms with Gasteiger partial charge < -0.3 is 10.6 Å². The second kappa shape index (κ2) is 5.18. The third-order valence-corrected chi connectivity index (χ3v) is 4.43. The normalized spacial score (nSPS) is 20.3. The van der Waals surface area contributed by atoms with Crippen LogP contribution < -0.4 is 5.73 Å². The Morgan fingerprint density at radius 3 is 2.88 bits per heavy atom. The van der Waals surface area contributed by atoms with Crippen LogP contribution in [0.15, 0.2) is 15.2 Å². The number of likely N-dealkylation sites (tertiary alicyclic amines) is 1. The lowest BCUT2D eigenvalue weighted by atomic mass is 9.97. The monoisotopic (exact) mass is 316 g/mol. The maximum atomic E-state index is 12.1. The van der Waals surface area contributed by atoms with Gasteiger partial charge in [0.2, 0.25) is 5.91 Å². The maximum absolute atomic E-state index is 12.1. The van der Waals surface area contributed by atoms with E-state index in [2.05, 4.69) is 15.9 Å². The Morgan fingerprint density at radius 1 is 1.53 bits per heavy atom. The number of thiophene rings is 1. The molecule has 1 unspecified atom stereocenters. The number of carbonyl (C=O) groups excluding carboxylic acids is 2. The molecule has 4 nitrogen and oxygen atoms in total. The Bertz CT molecular complexity index is 446.